The summed E-state index contributed by atoms with van der Waals surface area (Å²) >= 11 is 0. The SMILES string of the molecule is CCN1CCC(C(=O)NO)(S(=O)(=O)c2ccc(-c3noc(-c4ccncc4)n3)cc2)CC1.Cl.Cl. The number of pyridine rings is 1. The Morgan fingerprint density at radius 1 is 1.09 bits per heavy atom. The van der Waals surface area contributed by atoms with Gasteiger partial charge in [0.15, 0.2) is 14.6 Å². The summed E-state index contributed by atoms with van der Waals surface area (Å²) in [6.07, 6.45) is 3.42. The fraction of sp³-hybridized carbons (Fsp3) is 0.333. The Bertz CT molecular complexity index is 1200. The first-order valence-corrected chi connectivity index (χ1v) is 11.7. The van der Waals surface area contributed by atoms with Crippen LogP contribution in [-0.4, -0.2) is 63.9 Å². The quantitative estimate of drug-likeness (QED) is 0.364. The molecule has 1 aliphatic rings. The Kier molecular flexibility index (Phi) is 9.15. The number of carbonyl (C=O) groups excluding carboxylic acids is 1. The van der Waals surface area contributed by atoms with E-state index in [1.54, 1.807) is 42.1 Å². The molecule has 4 rings (SSSR count). The number of likely N-dealkylation sites (tertiary alicyclic amines) is 1. The summed E-state index contributed by atoms with van der Waals surface area (Å²) in [7, 11) is -4.07. The first-order chi connectivity index (χ1) is 15.4. The van der Waals surface area contributed by atoms with E-state index in [4.69, 9.17) is 4.52 Å². The smallest absolute Gasteiger partial charge is 0.265 e. The van der Waals surface area contributed by atoms with Gasteiger partial charge in [0.1, 0.15) is 0 Å². The first kappa shape index (κ1) is 27.7. The molecule has 13 heteroatoms. The number of halogens is 2. The topological polar surface area (TPSA) is 139 Å². The molecule has 3 heterocycles. The van der Waals surface area contributed by atoms with Crippen LogP contribution in [0.2, 0.25) is 0 Å². The lowest BCUT2D eigenvalue weighted by Crippen LogP contribution is -2.57. The number of rotatable bonds is 6. The molecule has 34 heavy (non-hydrogen) atoms. The minimum atomic E-state index is -4.07. The van der Waals surface area contributed by atoms with Crippen molar-refractivity contribution >= 4 is 40.6 Å². The molecular weight excluding hydrogens is 505 g/mol. The zero-order valence-electron chi connectivity index (χ0n) is 18.2. The maximum absolute atomic E-state index is 13.5. The van der Waals surface area contributed by atoms with Gasteiger partial charge in [-0.05, 0) is 55.8 Å². The van der Waals surface area contributed by atoms with Crippen molar-refractivity contribution < 1.29 is 22.9 Å². The van der Waals surface area contributed by atoms with E-state index in [9.17, 15) is 18.4 Å². The molecule has 1 saturated heterocycles. The summed E-state index contributed by atoms with van der Waals surface area (Å²) in [6.45, 7) is 3.63. The van der Waals surface area contributed by atoms with Crippen molar-refractivity contribution in [3.8, 4) is 22.8 Å². The second-order valence-electron chi connectivity index (χ2n) is 7.56. The summed E-state index contributed by atoms with van der Waals surface area (Å²) in [4.78, 5) is 22.9. The molecule has 1 amide bonds. The van der Waals surface area contributed by atoms with Crippen LogP contribution in [0, 0.1) is 0 Å². The van der Waals surface area contributed by atoms with E-state index >= 15 is 0 Å². The first-order valence-electron chi connectivity index (χ1n) is 10.2. The molecule has 0 radical (unpaired) electrons. The molecule has 0 atom stereocenters. The highest BCUT2D eigenvalue weighted by Gasteiger charge is 2.52. The van der Waals surface area contributed by atoms with Crippen LogP contribution < -0.4 is 5.48 Å². The fourth-order valence-electron chi connectivity index (χ4n) is 3.91. The molecular formula is C21H25Cl2N5O5S. The molecule has 1 fully saturated rings. The molecule has 0 spiro atoms. The Morgan fingerprint density at radius 2 is 1.71 bits per heavy atom. The summed E-state index contributed by atoms with van der Waals surface area (Å²) in [5.41, 5.74) is 2.85. The second kappa shape index (κ2) is 11.2. The highest BCUT2D eigenvalue weighted by molar-refractivity contribution is 7.93. The van der Waals surface area contributed by atoms with Gasteiger partial charge in [0, 0.05) is 36.6 Å². The fourth-order valence-corrected chi connectivity index (χ4v) is 5.87. The number of sulfone groups is 1. The minimum absolute atomic E-state index is 0. The number of piperidine rings is 1. The zero-order chi connectivity index (χ0) is 22.8. The molecule has 1 aliphatic heterocycles. The van der Waals surface area contributed by atoms with Gasteiger partial charge in [-0.2, -0.15) is 4.98 Å². The monoisotopic (exact) mass is 529 g/mol. The Labute approximate surface area is 209 Å². The van der Waals surface area contributed by atoms with Crippen LogP contribution in [0.3, 0.4) is 0 Å². The number of hydrogen-bond donors (Lipinski definition) is 2. The van der Waals surface area contributed by atoms with Crippen molar-refractivity contribution in [1.82, 2.24) is 25.5 Å². The predicted octanol–water partition coefficient (Wildman–Crippen LogP) is 2.78. The van der Waals surface area contributed by atoms with E-state index in [0.717, 1.165) is 6.54 Å². The van der Waals surface area contributed by atoms with Gasteiger partial charge >= 0.3 is 0 Å². The largest absolute Gasteiger partial charge is 0.334 e. The van der Waals surface area contributed by atoms with Crippen molar-refractivity contribution in [3.63, 3.8) is 0 Å². The molecule has 0 bridgehead atoms. The lowest BCUT2D eigenvalue weighted by Gasteiger charge is -2.39. The number of nitrogens with one attached hydrogen (secondary N) is 1. The van der Waals surface area contributed by atoms with E-state index in [0.29, 0.717) is 35.9 Å². The molecule has 0 saturated carbocycles. The normalized spacial score (nSPS) is 15.6. The van der Waals surface area contributed by atoms with Crippen LogP contribution in [-0.2, 0) is 14.6 Å². The number of hydroxylamine groups is 1. The van der Waals surface area contributed by atoms with Crippen molar-refractivity contribution in [2.45, 2.75) is 29.4 Å². The van der Waals surface area contributed by atoms with E-state index in [1.807, 2.05) is 6.92 Å². The summed E-state index contributed by atoms with van der Waals surface area (Å²) in [5.74, 6) is -0.280. The third-order valence-electron chi connectivity index (χ3n) is 5.92. The van der Waals surface area contributed by atoms with Gasteiger partial charge < -0.3 is 9.42 Å². The van der Waals surface area contributed by atoms with Gasteiger partial charge in [0.25, 0.3) is 11.8 Å². The van der Waals surface area contributed by atoms with Crippen molar-refractivity contribution in [2.75, 3.05) is 19.6 Å². The average Bonchev–Trinajstić information content (AvgIpc) is 3.34. The minimum Gasteiger partial charge on any atom is -0.334 e. The van der Waals surface area contributed by atoms with Crippen LogP contribution in [0.25, 0.3) is 22.8 Å². The van der Waals surface area contributed by atoms with Crippen molar-refractivity contribution in [1.29, 1.82) is 0 Å². The summed E-state index contributed by atoms with van der Waals surface area (Å²) < 4.78 is 30.6. The Hall–Kier alpha value is -2.57. The average molecular weight is 530 g/mol. The molecule has 3 aromatic rings. The number of carbonyl (C=O) groups is 1. The van der Waals surface area contributed by atoms with Gasteiger partial charge in [-0.3, -0.25) is 15.0 Å². The van der Waals surface area contributed by atoms with Crippen LogP contribution in [0.4, 0.5) is 0 Å². The molecule has 0 aliphatic carbocycles. The van der Waals surface area contributed by atoms with E-state index in [-0.39, 0.29) is 42.6 Å². The lowest BCUT2D eigenvalue weighted by atomic mass is 9.95. The van der Waals surface area contributed by atoms with Gasteiger partial charge in [0.05, 0.1) is 4.90 Å². The predicted molar refractivity (Wildman–Crippen MR) is 129 cm³/mol. The Morgan fingerprint density at radius 3 is 2.26 bits per heavy atom. The molecule has 2 N–H and O–H groups in total. The van der Waals surface area contributed by atoms with Gasteiger partial charge in [0.2, 0.25) is 5.82 Å². The maximum Gasteiger partial charge on any atom is 0.265 e. The third-order valence-corrected chi connectivity index (χ3v) is 8.43. The summed E-state index contributed by atoms with van der Waals surface area (Å²) in [6, 6.07) is 9.46. The maximum atomic E-state index is 13.5. The Balaban J connectivity index is 0.00000204. The molecule has 1 aromatic carbocycles. The highest BCUT2D eigenvalue weighted by Crippen LogP contribution is 2.36. The van der Waals surface area contributed by atoms with Gasteiger partial charge in [-0.15, -0.1) is 24.8 Å². The molecule has 184 valence electrons. The lowest BCUT2D eigenvalue weighted by molar-refractivity contribution is -0.133. The van der Waals surface area contributed by atoms with Crippen LogP contribution in [0.1, 0.15) is 19.8 Å². The number of benzene rings is 1. The van der Waals surface area contributed by atoms with Gasteiger partial charge in [-0.25, -0.2) is 13.9 Å². The van der Waals surface area contributed by atoms with Crippen LogP contribution in [0.5, 0.6) is 0 Å². The van der Waals surface area contributed by atoms with E-state index < -0.39 is 20.5 Å². The van der Waals surface area contributed by atoms with Crippen LogP contribution in [0.15, 0.2) is 58.2 Å². The van der Waals surface area contributed by atoms with Crippen molar-refractivity contribution in [2.24, 2.45) is 0 Å². The number of hydrogen-bond acceptors (Lipinski definition) is 9. The van der Waals surface area contributed by atoms with Gasteiger partial charge in [-0.1, -0.05) is 12.1 Å². The standard InChI is InChI=1S/C21H23N5O5S.2ClH/c1-2-26-13-9-21(10-14-26,20(27)24-28)32(29,30)17-5-3-15(4-6-17)18-23-19(31-25-18)16-7-11-22-12-8-16;;/h3-8,11-12,28H,2,9-10,13-14H2,1H3,(H,24,27);2*1H. The zero-order valence-corrected chi connectivity index (χ0v) is 20.7. The van der Waals surface area contributed by atoms with E-state index in [2.05, 4.69) is 20.0 Å². The van der Waals surface area contributed by atoms with Crippen molar-refractivity contribution in [3.05, 3.63) is 48.8 Å². The molecule has 2 aromatic heterocycles. The molecule has 10 nitrogen and oxygen atoms in total. The van der Waals surface area contributed by atoms with Crippen LogP contribution >= 0.6 is 24.8 Å². The second-order valence-corrected chi connectivity index (χ2v) is 9.82. The van der Waals surface area contributed by atoms with E-state index in [1.165, 1.54) is 12.1 Å². The third kappa shape index (κ3) is 4.93. The number of nitrogens with zero attached hydrogens (tertiary/aromatic N) is 4. The summed E-state index contributed by atoms with van der Waals surface area (Å²) in [5, 5.41) is 13.2. The number of amides is 1. The number of aromatic nitrogens is 3. The highest BCUT2D eigenvalue weighted by atomic mass is 35.5. The molecule has 0 unspecified atom stereocenters.